The molecule has 0 fully saturated rings. The Labute approximate surface area is 99.4 Å². The molecule has 0 bridgehead atoms. The van der Waals surface area contributed by atoms with Gasteiger partial charge in [0.2, 0.25) is 0 Å². The van der Waals surface area contributed by atoms with Crippen LogP contribution in [0.1, 0.15) is 38.3 Å². The second-order valence-corrected chi connectivity index (χ2v) is 6.96. The monoisotopic (exact) mass is 235 g/mol. The fourth-order valence-electron chi connectivity index (χ4n) is 1.74. The highest BCUT2D eigenvalue weighted by Crippen LogP contribution is 2.24. The highest BCUT2D eigenvalue weighted by molar-refractivity contribution is 7.85. The van der Waals surface area contributed by atoms with E-state index in [9.17, 15) is 4.21 Å². The van der Waals surface area contributed by atoms with Crippen LogP contribution in [0.3, 0.4) is 0 Å². The van der Waals surface area contributed by atoms with E-state index in [1.54, 1.807) is 0 Å². The summed E-state index contributed by atoms with van der Waals surface area (Å²) in [4.78, 5) is 0. The van der Waals surface area contributed by atoms with E-state index in [1.807, 2.05) is 32.9 Å². The maximum atomic E-state index is 12.0. The predicted octanol–water partition coefficient (Wildman–Crippen LogP) is 2.88. The third-order valence-corrected chi connectivity index (χ3v) is 4.11. The van der Waals surface area contributed by atoms with Gasteiger partial charge >= 0.3 is 0 Å². The fraction of sp³-hybridized carbons (Fsp3) is 0.462. The average molecular weight is 235 g/mol. The van der Waals surface area contributed by atoms with Crippen LogP contribution in [0.25, 0.3) is 0 Å². The van der Waals surface area contributed by atoms with Gasteiger partial charge in [-0.25, -0.2) is 4.21 Å². The molecule has 1 atom stereocenters. The van der Waals surface area contributed by atoms with Crippen LogP contribution in [0.4, 0.5) is 0 Å². The van der Waals surface area contributed by atoms with E-state index < -0.39 is 11.0 Å². The van der Waals surface area contributed by atoms with Crippen LogP contribution >= 0.6 is 0 Å². The lowest BCUT2D eigenvalue weighted by atomic mass is 10.1. The van der Waals surface area contributed by atoms with Gasteiger partial charge in [-0.1, -0.05) is 24.3 Å². The smallest absolute Gasteiger partial charge is 0.145 e. The largest absolute Gasteiger partial charge is 0.234 e. The molecule has 0 N–H and O–H groups in total. The lowest BCUT2D eigenvalue weighted by Crippen LogP contribution is -2.20. The second kappa shape index (κ2) is 4.13. The molecule has 0 radical (unpaired) electrons. The first-order chi connectivity index (χ1) is 7.48. The van der Waals surface area contributed by atoms with Gasteiger partial charge in [-0.3, -0.25) is 0 Å². The molecule has 16 heavy (non-hydrogen) atoms. The number of aryl methyl sites for hydroxylation is 1. The van der Waals surface area contributed by atoms with Crippen molar-refractivity contribution < 1.29 is 4.21 Å². The summed E-state index contributed by atoms with van der Waals surface area (Å²) in [7, 11) is -1.15. The number of hydrogen-bond donors (Lipinski definition) is 0. The van der Waals surface area contributed by atoms with Gasteiger partial charge in [0.1, 0.15) is 11.0 Å². The number of fused-ring (bicyclic) bond motifs is 1. The van der Waals surface area contributed by atoms with Crippen molar-refractivity contribution in [2.24, 2.45) is 4.40 Å². The van der Waals surface area contributed by atoms with Crippen LogP contribution in [-0.2, 0) is 17.4 Å². The van der Waals surface area contributed by atoms with E-state index in [0.29, 0.717) is 0 Å². The average Bonchev–Trinajstić information content (AvgIpc) is 2.61. The van der Waals surface area contributed by atoms with Gasteiger partial charge in [0, 0.05) is 0 Å². The highest BCUT2D eigenvalue weighted by atomic mass is 32.2. The van der Waals surface area contributed by atoms with E-state index in [1.165, 1.54) is 11.1 Å². The Hall–Kier alpha value is -0.960. The Bertz CT molecular complexity index is 457. The Morgan fingerprint density at radius 1 is 1.19 bits per heavy atom. The molecule has 1 aliphatic carbocycles. The van der Waals surface area contributed by atoms with Crippen LogP contribution in [-0.4, -0.2) is 14.7 Å². The molecular weight excluding hydrogens is 218 g/mol. The van der Waals surface area contributed by atoms with Gasteiger partial charge < -0.3 is 0 Å². The van der Waals surface area contributed by atoms with E-state index in [2.05, 4.69) is 16.5 Å². The number of hydrogen-bond acceptors (Lipinski definition) is 1. The quantitative estimate of drug-likeness (QED) is 0.736. The van der Waals surface area contributed by atoms with Crippen molar-refractivity contribution in [3.63, 3.8) is 0 Å². The van der Waals surface area contributed by atoms with Gasteiger partial charge in [0.25, 0.3) is 0 Å². The summed E-state index contributed by atoms with van der Waals surface area (Å²) in [5, 5.41) is 0. The number of nitrogens with zero attached hydrogens (tertiary/aromatic N) is 1. The fourth-order valence-corrected chi connectivity index (χ4v) is 2.40. The molecule has 1 unspecified atom stereocenters. The van der Waals surface area contributed by atoms with Crippen molar-refractivity contribution >= 4 is 16.7 Å². The molecule has 3 heteroatoms. The summed E-state index contributed by atoms with van der Waals surface area (Å²) in [5.41, 5.74) is 3.51. The van der Waals surface area contributed by atoms with Crippen LogP contribution in [0.2, 0.25) is 0 Å². The number of rotatable bonds is 1. The molecule has 0 aliphatic heterocycles. The highest BCUT2D eigenvalue weighted by Gasteiger charge is 2.23. The van der Waals surface area contributed by atoms with Gasteiger partial charge in [-0.05, 0) is 44.7 Å². The molecule has 0 saturated carbocycles. The zero-order valence-corrected chi connectivity index (χ0v) is 10.8. The van der Waals surface area contributed by atoms with Gasteiger partial charge in [-0.2, -0.15) is 4.40 Å². The minimum absolute atomic E-state index is 0.273. The van der Waals surface area contributed by atoms with Crippen molar-refractivity contribution in [2.45, 2.75) is 38.4 Å². The van der Waals surface area contributed by atoms with E-state index in [-0.39, 0.29) is 4.75 Å². The molecule has 2 rings (SSSR count). The normalized spacial score (nSPS) is 19.8. The van der Waals surface area contributed by atoms with E-state index in [0.717, 1.165) is 18.6 Å². The van der Waals surface area contributed by atoms with Crippen LogP contribution in [0.15, 0.2) is 28.7 Å². The maximum absolute atomic E-state index is 12.0. The second-order valence-electron chi connectivity index (χ2n) is 5.06. The topological polar surface area (TPSA) is 29.4 Å². The minimum atomic E-state index is -1.15. The lowest BCUT2D eigenvalue weighted by Gasteiger charge is -2.14. The Morgan fingerprint density at radius 3 is 2.56 bits per heavy atom. The molecule has 1 aromatic carbocycles. The summed E-state index contributed by atoms with van der Waals surface area (Å²) < 4.78 is 16.1. The summed E-state index contributed by atoms with van der Waals surface area (Å²) in [6.45, 7) is 5.86. The van der Waals surface area contributed by atoms with Crippen LogP contribution < -0.4 is 0 Å². The molecule has 1 aromatic rings. The zero-order chi connectivity index (χ0) is 11.8. The van der Waals surface area contributed by atoms with E-state index in [4.69, 9.17) is 0 Å². The maximum Gasteiger partial charge on any atom is 0.145 e. The minimum Gasteiger partial charge on any atom is -0.234 e. The Morgan fingerprint density at radius 2 is 1.88 bits per heavy atom. The lowest BCUT2D eigenvalue weighted by molar-refractivity contribution is 0.650. The molecule has 86 valence electrons. The first-order valence-corrected chi connectivity index (χ1v) is 6.67. The summed E-state index contributed by atoms with van der Waals surface area (Å²) in [6, 6.07) is 8.25. The zero-order valence-electron chi connectivity index (χ0n) is 9.99. The standard InChI is InChI=1S/C13H17NOS/c1-13(2,3)16(15)14-12-9-8-10-6-4-5-7-11(10)12/h4-7H,8-9H2,1-3H3/b14-12+. The molecule has 2 nitrogen and oxygen atoms in total. The van der Waals surface area contributed by atoms with Crippen molar-refractivity contribution in [3.8, 4) is 0 Å². The molecule has 1 aliphatic rings. The SMILES string of the molecule is CC(C)(C)S(=O)/N=C1\CCc2ccccc21. The van der Waals surface area contributed by atoms with Gasteiger partial charge in [0.15, 0.2) is 0 Å². The summed E-state index contributed by atoms with van der Waals surface area (Å²) in [5.74, 6) is 0. The van der Waals surface area contributed by atoms with Gasteiger partial charge in [0.05, 0.1) is 10.5 Å². The molecule has 0 aromatic heterocycles. The molecule has 0 amide bonds. The Kier molecular flexibility index (Phi) is 2.98. The molecule has 0 heterocycles. The third-order valence-electron chi connectivity index (χ3n) is 2.68. The van der Waals surface area contributed by atoms with Crippen molar-refractivity contribution in [3.05, 3.63) is 35.4 Å². The van der Waals surface area contributed by atoms with E-state index >= 15 is 0 Å². The van der Waals surface area contributed by atoms with Crippen molar-refractivity contribution in [2.75, 3.05) is 0 Å². The third kappa shape index (κ3) is 2.24. The van der Waals surface area contributed by atoms with Crippen molar-refractivity contribution in [1.29, 1.82) is 0 Å². The molecule has 0 saturated heterocycles. The molecular formula is C13H17NOS. The van der Waals surface area contributed by atoms with Crippen LogP contribution in [0.5, 0.6) is 0 Å². The van der Waals surface area contributed by atoms with Gasteiger partial charge in [-0.15, -0.1) is 0 Å². The Balaban J connectivity index is 2.32. The number of benzene rings is 1. The predicted molar refractivity (Wildman–Crippen MR) is 69.2 cm³/mol. The summed E-state index contributed by atoms with van der Waals surface area (Å²) >= 11 is 0. The van der Waals surface area contributed by atoms with Crippen molar-refractivity contribution in [1.82, 2.24) is 0 Å². The van der Waals surface area contributed by atoms with Crippen LogP contribution in [0, 0.1) is 0 Å². The molecule has 0 spiro atoms. The first kappa shape index (κ1) is 11.5. The first-order valence-electron chi connectivity index (χ1n) is 5.56. The summed E-state index contributed by atoms with van der Waals surface area (Å²) in [6.07, 6.45) is 1.94.